The van der Waals surface area contributed by atoms with Crippen molar-refractivity contribution < 1.29 is 0 Å². The fourth-order valence-corrected chi connectivity index (χ4v) is 5.32. The molecule has 0 bridgehead atoms. The molecule has 4 heteroatoms. The Morgan fingerprint density at radius 1 is 1.14 bits per heavy atom. The van der Waals surface area contributed by atoms with E-state index in [-0.39, 0.29) is 0 Å². The minimum atomic E-state index is 0.408. The van der Waals surface area contributed by atoms with E-state index in [1.54, 1.807) is 0 Å². The van der Waals surface area contributed by atoms with Crippen molar-refractivity contribution in [2.75, 3.05) is 6.54 Å². The lowest BCUT2D eigenvalue weighted by Crippen LogP contribution is -2.20. The summed E-state index contributed by atoms with van der Waals surface area (Å²) in [5.41, 5.74) is 1.43. The first kappa shape index (κ1) is 15.2. The number of nitrogens with one attached hydrogen (secondary N) is 1. The standard InChI is InChI=1S/C17H18BrNS2/c1-11-14-5-3-4-6-15(14)21-17(11)12(2)19-10-9-13-7-8-16(18)20-13/h3-8,12,19H,9-10H2,1-2H3. The lowest BCUT2D eigenvalue weighted by Gasteiger charge is -2.13. The lowest BCUT2D eigenvalue weighted by atomic mass is 10.1. The van der Waals surface area contributed by atoms with Crippen molar-refractivity contribution in [3.05, 3.63) is 55.5 Å². The fourth-order valence-electron chi connectivity index (χ4n) is 2.60. The molecule has 0 saturated carbocycles. The van der Waals surface area contributed by atoms with E-state index in [0.29, 0.717) is 6.04 Å². The molecular formula is C17H18BrNS2. The van der Waals surface area contributed by atoms with Gasteiger partial charge in [0.05, 0.1) is 3.79 Å². The summed E-state index contributed by atoms with van der Waals surface area (Å²) in [5.74, 6) is 0. The maximum absolute atomic E-state index is 3.66. The van der Waals surface area contributed by atoms with Gasteiger partial charge in [-0.25, -0.2) is 0 Å². The van der Waals surface area contributed by atoms with E-state index in [9.17, 15) is 0 Å². The van der Waals surface area contributed by atoms with E-state index in [1.807, 2.05) is 22.7 Å². The van der Waals surface area contributed by atoms with Crippen LogP contribution in [0.25, 0.3) is 10.1 Å². The SMILES string of the molecule is Cc1c(C(C)NCCc2ccc(Br)s2)sc2ccccc12. The zero-order valence-corrected chi connectivity index (χ0v) is 15.4. The van der Waals surface area contributed by atoms with E-state index < -0.39 is 0 Å². The summed E-state index contributed by atoms with van der Waals surface area (Å²) < 4.78 is 2.60. The molecule has 0 radical (unpaired) electrons. The molecule has 0 saturated heterocycles. The zero-order chi connectivity index (χ0) is 14.8. The highest BCUT2D eigenvalue weighted by atomic mass is 79.9. The van der Waals surface area contributed by atoms with E-state index >= 15 is 0 Å². The molecule has 1 unspecified atom stereocenters. The predicted molar refractivity (Wildman–Crippen MR) is 98.7 cm³/mol. The molecule has 0 amide bonds. The van der Waals surface area contributed by atoms with E-state index in [0.717, 1.165) is 13.0 Å². The normalized spacial score (nSPS) is 12.9. The average molecular weight is 380 g/mol. The molecule has 110 valence electrons. The summed E-state index contributed by atoms with van der Waals surface area (Å²) in [6.07, 6.45) is 1.09. The van der Waals surface area contributed by atoms with E-state index in [2.05, 4.69) is 71.5 Å². The summed E-state index contributed by atoms with van der Waals surface area (Å²) in [6.45, 7) is 5.52. The highest BCUT2D eigenvalue weighted by molar-refractivity contribution is 9.11. The molecule has 3 rings (SSSR count). The molecule has 1 aromatic carbocycles. The lowest BCUT2D eigenvalue weighted by molar-refractivity contribution is 0.585. The summed E-state index contributed by atoms with van der Waals surface area (Å²) in [7, 11) is 0. The third-order valence-electron chi connectivity index (χ3n) is 3.72. The van der Waals surface area contributed by atoms with Crippen molar-refractivity contribution in [1.82, 2.24) is 5.32 Å². The third-order valence-corrected chi connectivity index (χ3v) is 6.86. The van der Waals surface area contributed by atoms with Crippen LogP contribution in [0, 0.1) is 6.92 Å². The Balaban J connectivity index is 1.66. The molecule has 1 atom stereocenters. The number of thiophene rings is 2. The van der Waals surface area contributed by atoms with Crippen LogP contribution in [0.4, 0.5) is 0 Å². The minimum absolute atomic E-state index is 0.408. The van der Waals surface area contributed by atoms with Gasteiger partial charge in [0, 0.05) is 27.0 Å². The number of fused-ring (bicyclic) bond motifs is 1. The van der Waals surface area contributed by atoms with Crippen molar-refractivity contribution in [1.29, 1.82) is 0 Å². The first-order valence-corrected chi connectivity index (χ1v) is 9.53. The second kappa shape index (κ2) is 6.61. The fraction of sp³-hybridized carbons (Fsp3) is 0.294. The molecule has 2 aromatic heterocycles. The molecule has 0 aliphatic carbocycles. The molecule has 21 heavy (non-hydrogen) atoms. The van der Waals surface area contributed by atoms with Crippen LogP contribution in [0.3, 0.4) is 0 Å². The Morgan fingerprint density at radius 3 is 2.67 bits per heavy atom. The molecular weight excluding hydrogens is 362 g/mol. The molecule has 0 aliphatic rings. The molecule has 1 nitrogen and oxygen atoms in total. The van der Waals surface area contributed by atoms with Crippen LogP contribution in [0.15, 0.2) is 40.2 Å². The Morgan fingerprint density at radius 2 is 1.95 bits per heavy atom. The van der Waals surface area contributed by atoms with Crippen LogP contribution < -0.4 is 5.32 Å². The third kappa shape index (κ3) is 3.39. The molecule has 1 N–H and O–H groups in total. The van der Waals surface area contributed by atoms with Gasteiger partial charge in [-0.2, -0.15) is 0 Å². The van der Waals surface area contributed by atoms with Crippen LogP contribution in [-0.2, 0) is 6.42 Å². The van der Waals surface area contributed by atoms with Crippen molar-refractivity contribution in [3.8, 4) is 0 Å². The summed E-state index contributed by atoms with van der Waals surface area (Å²) in [4.78, 5) is 2.89. The van der Waals surface area contributed by atoms with Gasteiger partial charge in [0.25, 0.3) is 0 Å². The van der Waals surface area contributed by atoms with Crippen LogP contribution in [0.2, 0.25) is 0 Å². The number of halogens is 1. The summed E-state index contributed by atoms with van der Waals surface area (Å²) >= 11 is 7.26. The second-order valence-electron chi connectivity index (χ2n) is 5.22. The largest absolute Gasteiger partial charge is 0.309 e. The summed E-state index contributed by atoms with van der Waals surface area (Å²) in [6, 6.07) is 13.4. The van der Waals surface area contributed by atoms with Crippen molar-refractivity contribution in [3.63, 3.8) is 0 Å². The number of rotatable bonds is 5. The van der Waals surface area contributed by atoms with Gasteiger partial charge in [-0.1, -0.05) is 18.2 Å². The molecule has 0 fully saturated rings. The predicted octanol–water partition coefficient (Wildman–Crippen LogP) is 5.93. The molecule has 0 aliphatic heterocycles. The average Bonchev–Trinajstić information content (AvgIpc) is 3.03. The number of hydrogen-bond acceptors (Lipinski definition) is 3. The smallest absolute Gasteiger partial charge is 0.0701 e. The molecule has 2 heterocycles. The zero-order valence-electron chi connectivity index (χ0n) is 12.2. The molecule has 0 spiro atoms. The van der Waals surface area contributed by atoms with Gasteiger partial charge in [0.15, 0.2) is 0 Å². The number of hydrogen-bond donors (Lipinski definition) is 1. The quantitative estimate of drug-likeness (QED) is 0.579. The monoisotopic (exact) mass is 379 g/mol. The first-order valence-electron chi connectivity index (χ1n) is 7.11. The second-order valence-corrected chi connectivity index (χ2v) is 8.85. The van der Waals surface area contributed by atoms with Crippen molar-refractivity contribution >= 4 is 48.7 Å². The number of benzene rings is 1. The van der Waals surface area contributed by atoms with Gasteiger partial charge in [0.1, 0.15) is 0 Å². The van der Waals surface area contributed by atoms with Gasteiger partial charge in [-0.3, -0.25) is 0 Å². The van der Waals surface area contributed by atoms with Gasteiger partial charge in [-0.05, 0) is 65.3 Å². The van der Waals surface area contributed by atoms with E-state index in [1.165, 1.54) is 29.2 Å². The van der Waals surface area contributed by atoms with Gasteiger partial charge in [-0.15, -0.1) is 22.7 Å². The highest BCUT2D eigenvalue weighted by Crippen LogP contribution is 2.34. The topological polar surface area (TPSA) is 12.0 Å². The van der Waals surface area contributed by atoms with Crippen LogP contribution >= 0.6 is 38.6 Å². The Kier molecular flexibility index (Phi) is 4.79. The van der Waals surface area contributed by atoms with Crippen LogP contribution in [0.1, 0.15) is 28.3 Å². The first-order chi connectivity index (χ1) is 10.1. The summed E-state index contributed by atoms with van der Waals surface area (Å²) in [5, 5.41) is 5.06. The Bertz CT molecular complexity index is 744. The minimum Gasteiger partial charge on any atom is -0.309 e. The van der Waals surface area contributed by atoms with Crippen LogP contribution in [-0.4, -0.2) is 6.54 Å². The van der Waals surface area contributed by atoms with Crippen molar-refractivity contribution in [2.24, 2.45) is 0 Å². The highest BCUT2D eigenvalue weighted by Gasteiger charge is 2.13. The Hall–Kier alpha value is -0.680. The number of aryl methyl sites for hydroxylation is 1. The van der Waals surface area contributed by atoms with Gasteiger partial charge < -0.3 is 5.32 Å². The maximum atomic E-state index is 3.66. The molecule has 3 aromatic rings. The Labute approximate surface area is 142 Å². The van der Waals surface area contributed by atoms with Crippen molar-refractivity contribution in [2.45, 2.75) is 26.3 Å². The van der Waals surface area contributed by atoms with Crippen LogP contribution in [0.5, 0.6) is 0 Å². The van der Waals surface area contributed by atoms with Gasteiger partial charge in [0.2, 0.25) is 0 Å². The van der Waals surface area contributed by atoms with Gasteiger partial charge >= 0.3 is 0 Å². The maximum Gasteiger partial charge on any atom is 0.0701 e. The van der Waals surface area contributed by atoms with E-state index in [4.69, 9.17) is 0 Å².